The van der Waals surface area contributed by atoms with E-state index >= 15 is 0 Å². The molecule has 0 atom stereocenters. The van der Waals surface area contributed by atoms with Gasteiger partial charge in [-0.05, 0) is 19.1 Å². The summed E-state index contributed by atoms with van der Waals surface area (Å²) in [5.74, 6) is 0. The molecule has 0 fully saturated rings. The largest absolute Gasteiger partial charge is 0.547 e. The standard InChI is InChI=1S/C11H15N/c1-4-12(5-2)11-8-6-10(3)7-9-11/h5-9H,1,4H2,2-3H3/q-2. The lowest BCUT2D eigenvalue weighted by atomic mass is 10.2. The highest BCUT2D eigenvalue weighted by Gasteiger charge is 1.90. The number of anilines is 1. The van der Waals surface area contributed by atoms with Crippen LogP contribution >= 0.6 is 0 Å². The van der Waals surface area contributed by atoms with E-state index in [9.17, 15) is 0 Å². The van der Waals surface area contributed by atoms with Crippen molar-refractivity contribution in [2.75, 3.05) is 11.4 Å². The van der Waals surface area contributed by atoms with E-state index in [2.05, 4.69) is 43.0 Å². The first-order valence-electron chi connectivity index (χ1n) is 4.20. The second-order valence-corrected chi connectivity index (χ2v) is 2.79. The zero-order valence-electron chi connectivity index (χ0n) is 7.75. The fourth-order valence-electron chi connectivity index (χ4n) is 1.14. The summed E-state index contributed by atoms with van der Waals surface area (Å²) in [4.78, 5) is 2.11. The van der Waals surface area contributed by atoms with Gasteiger partial charge < -0.3 is 11.8 Å². The van der Waals surface area contributed by atoms with Crippen LogP contribution in [-0.2, 0) is 0 Å². The maximum atomic E-state index is 3.85. The van der Waals surface area contributed by atoms with E-state index in [4.69, 9.17) is 0 Å². The third-order valence-corrected chi connectivity index (χ3v) is 1.92. The van der Waals surface area contributed by atoms with Gasteiger partial charge in [0.2, 0.25) is 0 Å². The van der Waals surface area contributed by atoms with Crippen LogP contribution < -0.4 is 4.90 Å². The van der Waals surface area contributed by atoms with Crippen molar-refractivity contribution in [2.24, 2.45) is 0 Å². The van der Waals surface area contributed by atoms with E-state index in [-0.39, 0.29) is 0 Å². The van der Waals surface area contributed by atoms with Crippen LogP contribution in [0, 0.1) is 20.4 Å². The minimum Gasteiger partial charge on any atom is -0.547 e. The van der Waals surface area contributed by atoms with E-state index in [1.54, 1.807) is 0 Å². The first kappa shape index (κ1) is 9.11. The summed E-state index contributed by atoms with van der Waals surface area (Å²) < 4.78 is 0. The van der Waals surface area contributed by atoms with Crippen LogP contribution in [0.15, 0.2) is 24.3 Å². The van der Waals surface area contributed by atoms with E-state index in [0.717, 1.165) is 6.54 Å². The zero-order chi connectivity index (χ0) is 8.97. The second-order valence-electron chi connectivity index (χ2n) is 2.79. The van der Waals surface area contributed by atoms with Gasteiger partial charge in [0.25, 0.3) is 0 Å². The molecule has 0 unspecified atom stereocenters. The van der Waals surface area contributed by atoms with Crippen molar-refractivity contribution in [2.45, 2.75) is 13.8 Å². The maximum Gasteiger partial charge on any atom is 0.00519 e. The summed E-state index contributed by atoms with van der Waals surface area (Å²) in [7, 11) is 0. The fourth-order valence-corrected chi connectivity index (χ4v) is 1.14. The highest BCUT2D eigenvalue weighted by Crippen LogP contribution is 2.15. The molecule has 1 heteroatoms. The first-order chi connectivity index (χ1) is 5.77. The van der Waals surface area contributed by atoms with Gasteiger partial charge in [0.15, 0.2) is 0 Å². The topological polar surface area (TPSA) is 3.24 Å². The van der Waals surface area contributed by atoms with E-state index < -0.39 is 0 Å². The summed E-state index contributed by atoms with van der Waals surface area (Å²) in [6, 6.07) is 8.45. The second kappa shape index (κ2) is 4.15. The summed E-state index contributed by atoms with van der Waals surface area (Å²) in [5.41, 5.74) is 2.50. The van der Waals surface area contributed by atoms with Crippen LogP contribution in [0.4, 0.5) is 5.69 Å². The zero-order valence-corrected chi connectivity index (χ0v) is 7.75. The Morgan fingerprint density at radius 2 is 1.92 bits per heavy atom. The molecular weight excluding hydrogens is 146 g/mol. The highest BCUT2D eigenvalue weighted by atomic mass is 15.1. The van der Waals surface area contributed by atoms with Crippen molar-refractivity contribution in [3.05, 3.63) is 43.3 Å². The molecule has 0 aliphatic heterocycles. The minimum absolute atomic E-state index is 0.777. The summed E-state index contributed by atoms with van der Waals surface area (Å²) >= 11 is 0. The Morgan fingerprint density at radius 3 is 2.33 bits per heavy atom. The Labute approximate surface area is 75.0 Å². The summed E-state index contributed by atoms with van der Waals surface area (Å²) in [5, 5.41) is 0. The molecule has 1 rings (SSSR count). The smallest absolute Gasteiger partial charge is 0.00519 e. The lowest BCUT2D eigenvalue weighted by Crippen LogP contribution is -2.17. The minimum atomic E-state index is 0.777. The molecule has 12 heavy (non-hydrogen) atoms. The van der Waals surface area contributed by atoms with Gasteiger partial charge in [-0.25, -0.2) is 6.54 Å². The molecule has 0 spiro atoms. The van der Waals surface area contributed by atoms with Gasteiger partial charge in [-0.1, -0.05) is 17.7 Å². The number of hydrogen-bond donors (Lipinski definition) is 0. The molecule has 0 aliphatic carbocycles. The quantitative estimate of drug-likeness (QED) is 0.616. The predicted octanol–water partition coefficient (Wildman–Crippen LogP) is 2.82. The molecule has 0 aliphatic rings. The molecule has 1 aromatic carbocycles. The Hall–Kier alpha value is -0.980. The number of benzene rings is 1. The monoisotopic (exact) mass is 161 g/mol. The van der Waals surface area contributed by atoms with Gasteiger partial charge in [0.1, 0.15) is 0 Å². The van der Waals surface area contributed by atoms with Gasteiger partial charge in [0, 0.05) is 5.69 Å². The molecule has 1 aromatic rings. The number of nitrogens with zero attached hydrogens (tertiary/aromatic N) is 1. The van der Waals surface area contributed by atoms with Gasteiger partial charge in [-0.15, -0.1) is 6.54 Å². The molecule has 0 saturated heterocycles. The Kier molecular flexibility index (Phi) is 3.15. The Morgan fingerprint density at radius 1 is 1.33 bits per heavy atom. The molecule has 0 N–H and O–H groups in total. The van der Waals surface area contributed by atoms with Crippen molar-refractivity contribution in [3.63, 3.8) is 0 Å². The average Bonchev–Trinajstić information content (AvgIpc) is 2.10. The predicted molar refractivity (Wildman–Crippen MR) is 53.9 cm³/mol. The molecule has 0 heterocycles. The maximum absolute atomic E-state index is 3.85. The van der Waals surface area contributed by atoms with E-state index in [1.165, 1.54) is 11.3 Å². The highest BCUT2D eigenvalue weighted by molar-refractivity contribution is 5.48. The average molecular weight is 161 g/mol. The van der Waals surface area contributed by atoms with Crippen molar-refractivity contribution in [1.82, 2.24) is 0 Å². The lowest BCUT2D eigenvalue weighted by Gasteiger charge is -2.35. The van der Waals surface area contributed by atoms with Crippen molar-refractivity contribution in [1.29, 1.82) is 0 Å². The molecular formula is C11H15N-2. The van der Waals surface area contributed by atoms with Crippen molar-refractivity contribution < 1.29 is 0 Å². The Bertz CT molecular complexity index is 221. The normalized spacial score (nSPS) is 9.92. The fraction of sp³-hybridized carbons (Fsp3) is 0.273. The molecule has 1 nitrogen and oxygen atoms in total. The van der Waals surface area contributed by atoms with Crippen LogP contribution in [0.3, 0.4) is 0 Å². The first-order valence-corrected chi connectivity index (χ1v) is 4.20. The molecule has 0 saturated carbocycles. The van der Waals surface area contributed by atoms with Crippen LogP contribution in [0.25, 0.3) is 0 Å². The van der Waals surface area contributed by atoms with Crippen LogP contribution in [0.1, 0.15) is 12.5 Å². The van der Waals surface area contributed by atoms with Gasteiger partial charge >= 0.3 is 0 Å². The summed E-state index contributed by atoms with van der Waals surface area (Å²) in [6.07, 6.45) is 0. The molecule has 0 amide bonds. The molecule has 0 radical (unpaired) electrons. The molecule has 66 valence electrons. The number of aryl methyl sites for hydroxylation is 1. The third kappa shape index (κ3) is 2.00. The summed E-state index contributed by atoms with van der Waals surface area (Å²) in [6.45, 7) is 10.8. The van der Waals surface area contributed by atoms with E-state index in [0.29, 0.717) is 0 Å². The van der Waals surface area contributed by atoms with E-state index in [1.807, 2.05) is 13.5 Å². The van der Waals surface area contributed by atoms with Crippen molar-refractivity contribution in [3.8, 4) is 0 Å². The third-order valence-electron chi connectivity index (χ3n) is 1.92. The van der Waals surface area contributed by atoms with Gasteiger partial charge in [-0.2, -0.15) is 6.92 Å². The van der Waals surface area contributed by atoms with Gasteiger partial charge in [0.05, 0.1) is 0 Å². The number of hydrogen-bond acceptors (Lipinski definition) is 1. The van der Waals surface area contributed by atoms with Gasteiger partial charge in [-0.3, -0.25) is 0 Å². The SMILES string of the molecule is [CH2-]CN([CH-]C)c1ccc(C)cc1. The van der Waals surface area contributed by atoms with Crippen LogP contribution in [0.2, 0.25) is 0 Å². The molecule has 0 bridgehead atoms. The van der Waals surface area contributed by atoms with Crippen LogP contribution in [0.5, 0.6) is 0 Å². The lowest BCUT2D eigenvalue weighted by molar-refractivity contribution is 1.00. The Balaban J connectivity index is 2.80. The van der Waals surface area contributed by atoms with Crippen molar-refractivity contribution >= 4 is 5.69 Å². The van der Waals surface area contributed by atoms with Crippen LogP contribution in [-0.4, -0.2) is 6.54 Å². The number of rotatable bonds is 3. The molecule has 0 aromatic heterocycles.